The minimum absolute atomic E-state index is 0.107. The second-order valence-corrected chi connectivity index (χ2v) is 5.74. The van der Waals surface area contributed by atoms with Crippen LogP contribution in [0.3, 0.4) is 0 Å². The van der Waals surface area contributed by atoms with Gasteiger partial charge in [0.25, 0.3) is 0 Å². The molecule has 1 heterocycles. The summed E-state index contributed by atoms with van der Waals surface area (Å²) in [5.41, 5.74) is 5.27. The molecule has 0 bridgehead atoms. The molecule has 18 heavy (non-hydrogen) atoms. The van der Waals surface area contributed by atoms with Crippen molar-refractivity contribution in [3.63, 3.8) is 0 Å². The molecule has 100 valence electrons. The molecule has 1 aromatic rings. The van der Waals surface area contributed by atoms with Gasteiger partial charge >= 0.3 is 0 Å². The summed E-state index contributed by atoms with van der Waals surface area (Å²) in [5, 5.41) is 0. The van der Waals surface area contributed by atoms with Gasteiger partial charge in [0.05, 0.1) is 20.3 Å². The SMILES string of the molecule is COc1c(C)c(C)cc(C)c1C1(CCS)COC1. The van der Waals surface area contributed by atoms with E-state index in [2.05, 4.69) is 39.5 Å². The number of thiol groups is 1. The van der Waals surface area contributed by atoms with Gasteiger partial charge in [-0.2, -0.15) is 12.6 Å². The normalized spacial score (nSPS) is 17.4. The Morgan fingerprint density at radius 3 is 2.39 bits per heavy atom. The third kappa shape index (κ3) is 2.04. The third-order valence-corrected chi connectivity index (χ3v) is 4.29. The molecule has 1 aliphatic heterocycles. The maximum Gasteiger partial charge on any atom is 0.126 e. The van der Waals surface area contributed by atoms with E-state index in [0.717, 1.165) is 31.1 Å². The summed E-state index contributed by atoms with van der Waals surface area (Å²) in [7, 11) is 1.76. The van der Waals surface area contributed by atoms with Crippen molar-refractivity contribution < 1.29 is 9.47 Å². The van der Waals surface area contributed by atoms with E-state index in [1.54, 1.807) is 7.11 Å². The van der Waals surface area contributed by atoms with Crippen LogP contribution in [0.1, 0.15) is 28.7 Å². The fourth-order valence-electron chi connectivity index (χ4n) is 2.94. The van der Waals surface area contributed by atoms with E-state index in [1.807, 2.05) is 0 Å². The average Bonchev–Trinajstić information content (AvgIpc) is 2.29. The zero-order valence-corrected chi connectivity index (χ0v) is 12.6. The molecule has 0 unspecified atom stereocenters. The zero-order chi connectivity index (χ0) is 13.3. The van der Waals surface area contributed by atoms with Gasteiger partial charge < -0.3 is 9.47 Å². The van der Waals surface area contributed by atoms with Gasteiger partial charge in [-0.3, -0.25) is 0 Å². The second-order valence-electron chi connectivity index (χ2n) is 5.29. The van der Waals surface area contributed by atoms with Crippen LogP contribution in [0.2, 0.25) is 0 Å². The molecule has 1 aromatic carbocycles. The fraction of sp³-hybridized carbons (Fsp3) is 0.600. The molecule has 0 spiro atoms. The predicted octanol–water partition coefficient (Wildman–Crippen LogP) is 3.21. The van der Waals surface area contributed by atoms with Crippen LogP contribution >= 0.6 is 12.6 Å². The molecule has 0 aliphatic carbocycles. The van der Waals surface area contributed by atoms with E-state index >= 15 is 0 Å². The first-order chi connectivity index (χ1) is 8.55. The van der Waals surface area contributed by atoms with Crippen LogP contribution in [-0.2, 0) is 10.2 Å². The molecule has 1 fully saturated rings. The molecule has 2 rings (SSSR count). The van der Waals surface area contributed by atoms with E-state index in [1.165, 1.54) is 22.3 Å². The van der Waals surface area contributed by atoms with Crippen molar-refractivity contribution in [2.75, 3.05) is 26.1 Å². The van der Waals surface area contributed by atoms with Crippen LogP contribution < -0.4 is 4.74 Å². The van der Waals surface area contributed by atoms with E-state index in [0.29, 0.717) is 0 Å². The van der Waals surface area contributed by atoms with Crippen LogP contribution in [0.4, 0.5) is 0 Å². The lowest BCUT2D eigenvalue weighted by Gasteiger charge is -2.43. The van der Waals surface area contributed by atoms with E-state index < -0.39 is 0 Å². The molecule has 0 saturated carbocycles. The number of rotatable bonds is 4. The molecule has 1 aliphatic rings. The smallest absolute Gasteiger partial charge is 0.126 e. The quantitative estimate of drug-likeness (QED) is 0.844. The van der Waals surface area contributed by atoms with Gasteiger partial charge in [0.1, 0.15) is 5.75 Å². The first-order valence-electron chi connectivity index (χ1n) is 6.39. The van der Waals surface area contributed by atoms with Crippen molar-refractivity contribution in [2.24, 2.45) is 0 Å². The summed E-state index contributed by atoms with van der Waals surface area (Å²) in [6, 6.07) is 2.26. The minimum atomic E-state index is 0.107. The van der Waals surface area contributed by atoms with Crippen LogP contribution in [-0.4, -0.2) is 26.1 Å². The molecular weight excluding hydrogens is 244 g/mol. The van der Waals surface area contributed by atoms with Crippen molar-refractivity contribution in [3.8, 4) is 5.75 Å². The van der Waals surface area contributed by atoms with Gasteiger partial charge in [-0.1, -0.05) is 6.07 Å². The minimum Gasteiger partial charge on any atom is -0.496 e. The lowest BCUT2D eigenvalue weighted by atomic mass is 9.73. The number of methoxy groups -OCH3 is 1. The van der Waals surface area contributed by atoms with Gasteiger partial charge in [0.2, 0.25) is 0 Å². The van der Waals surface area contributed by atoms with Gasteiger partial charge in [0, 0.05) is 11.0 Å². The Morgan fingerprint density at radius 2 is 1.94 bits per heavy atom. The van der Waals surface area contributed by atoms with Crippen molar-refractivity contribution in [1.29, 1.82) is 0 Å². The zero-order valence-electron chi connectivity index (χ0n) is 11.7. The molecule has 0 radical (unpaired) electrons. The van der Waals surface area contributed by atoms with E-state index in [9.17, 15) is 0 Å². The lowest BCUT2D eigenvalue weighted by Crippen LogP contribution is -2.48. The lowest BCUT2D eigenvalue weighted by molar-refractivity contribution is -0.0626. The topological polar surface area (TPSA) is 18.5 Å². The van der Waals surface area contributed by atoms with Crippen LogP contribution in [0.15, 0.2) is 6.07 Å². The molecule has 0 amide bonds. The molecule has 3 heteroatoms. The standard InChI is InChI=1S/C15H22O2S/c1-10-7-11(2)13(14(16-4)12(10)3)15(5-6-18)8-17-9-15/h7,18H,5-6,8-9H2,1-4H3. The van der Waals surface area contributed by atoms with Crippen LogP contribution in [0.25, 0.3) is 0 Å². The Labute approximate surface area is 115 Å². The summed E-state index contributed by atoms with van der Waals surface area (Å²) in [4.78, 5) is 0. The monoisotopic (exact) mass is 266 g/mol. The molecular formula is C15H22O2S. The molecule has 0 N–H and O–H groups in total. The van der Waals surface area contributed by atoms with E-state index in [4.69, 9.17) is 9.47 Å². The summed E-state index contributed by atoms with van der Waals surface area (Å²) < 4.78 is 11.2. The highest BCUT2D eigenvalue weighted by Crippen LogP contribution is 2.44. The number of hydrogen-bond acceptors (Lipinski definition) is 3. The summed E-state index contributed by atoms with van der Waals surface area (Å²) in [5.74, 6) is 1.91. The largest absolute Gasteiger partial charge is 0.496 e. The highest BCUT2D eigenvalue weighted by atomic mass is 32.1. The Morgan fingerprint density at radius 1 is 1.28 bits per heavy atom. The summed E-state index contributed by atoms with van der Waals surface area (Å²) >= 11 is 4.40. The van der Waals surface area contributed by atoms with Gasteiger partial charge in [-0.25, -0.2) is 0 Å². The molecule has 0 atom stereocenters. The fourth-order valence-corrected chi connectivity index (χ4v) is 3.37. The van der Waals surface area contributed by atoms with Gasteiger partial charge in [0.15, 0.2) is 0 Å². The van der Waals surface area contributed by atoms with Gasteiger partial charge in [-0.15, -0.1) is 0 Å². The summed E-state index contributed by atoms with van der Waals surface area (Å²) in [6.07, 6.45) is 1.04. The maximum absolute atomic E-state index is 5.69. The molecule has 2 nitrogen and oxygen atoms in total. The summed E-state index contributed by atoms with van der Waals surface area (Å²) in [6.45, 7) is 8.01. The average molecular weight is 266 g/mol. The van der Waals surface area contributed by atoms with Crippen molar-refractivity contribution in [3.05, 3.63) is 28.3 Å². The molecule has 0 aromatic heterocycles. The van der Waals surface area contributed by atoms with Gasteiger partial charge in [-0.05, 0) is 49.6 Å². The highest BCUT2D eigenvalue weighted by molar-refractivity contribution is 7.80. The highest BCUT2D eigenvalue weighted by Gasteiger charge is 2.43. The number of benzene rings is 1. The Bertz CT molecular complexity index is 450. The molecule has 1 saturated heterocycles. The Kier molecular flexibility index (Phi) is 3.93. The maximum atomic E-state index is 5.69. The van der Waals surface area contributed by atoms with Crippen molar-refractivity contribution >= 4 is 12.6 Å². The number of aryl methyl sites for hydroxylation is 2. The third-order valence-electron chi connectivity index (χ3n) is 4.07. The number of ether oxygens (including phenoxy) is 2. The van der Waals surface area contributed by atoms with Crippen molar-refractivity contribution in [1.82, 2.24) is 0 Å². The second kappa shape index (κ2) is 5.14. The van der Waals surface area contributed by atoms with Crippen LogP contribution in [0.5, 0.6) is 5.75 Å². The number of hydrogen-bond donors (Lipinski definition) is 1. The first-order valence-corrected chi connectivity index (χ1v) is 7.03. The van der Waals surface area contributed by atoms with Crippen molar-refractivity contribution in [2.45, 2.75) is 32.6 Å². The van der Waals surface area contributed by atoms with E-state index in [-0.39, 0.29) is 5.41 Å². The Balaban J connectivity index is 2.58. The predicted molar refractivity (Wildman–Crippen MR) is 78.2 cm³/mol. The first kappa shape index (κ1) is 13.8. The Hall–Kier alpha value is -0.670. The van der Waals surface area contributed by atoms with Crippen LogP contribution in [0, 0.1) is 20.8 Å².